The number of rotatable bonds is 6. The molecule has 2 rings (SSSR count). The molecule has 0 unspecified atom stereocenters. The number of aliphatic hydroxyl groups excluding tert-OH is 1. The molecule has 1 saturated carbocycles. The van der Waals surface area contributed by atoms with E-state index in [2.05, 4.69) is 15.3 Å². The fraction of sp³-hybridized carbons (Fsp3) is 0.667. The van der Waals surface area contributed by atoms with Crippen molar-refractivity contribution in [2.45, 2.75) is 19.3 Å². The Hall–Kier alpha value is -1.36. The lowest BCUT2D eigenvalue weighted by molar-refractivity contribution is 0.253. The van der Waals surface area contributed by atoms with E-state index in [0.717, 1.165) is 18.8 Å². The van der Waals surface area contributed by atoms with Gasteiger partial charge in [-0.05, 0) is 30.7 Å². The zero-order valence-corrected chi connectivity index (χ0v) is 10.5. The summed E-state index contributed by atoms with van der Waals surface area (Å²) in [6, 6.07) is 1.88. The molecule has 0 atom stereocenters. The molecule has 17 heavy (non-hydrogen) atoms. The second-order valence-corrected chi connectivity index (χ2v) is 4.96. The quantitative estimate of drug-likeness (QED) is 0.775. The Morgan fingerprint density at radius 3 is 2.82 bits per heavy atom. The van der Waals surface area contributed by atoms with Gasteiger partial charge in [0.15, 0.2) is 0 Å². The SMILES string of the molecule is CN(C)c1nccc(NCC2(CCO)CC2)n1. The number of anilines is 2. The van der Waals surface area contributed by atoms with E-state index in [1.54, 1.807) is 6.20 Å². The Balaban J connectivity index is 1.93. The Morgan fingerprint density at radius 1 is 1.47 bits per heavy atom. The molecule has 1 heterocycles. The Bertz CT molecular complexity index is 377. The second-order valence-electron chi connectivity index (χ2n) is 4.96. The van der Waals surface area contributed by atoms with Crippen LogP contribution in [-0.2, 0) is 0 Å². The average molecular weight is 236 g/mol. The zero-order chi connectivity index (χ0) is 12.3. The molecule has 5 nitrogen and oxygen atoms in total. The van der Waals surface area contributed by atoms with Crippen molar-refractivity contribution in [3.63, 3.8) is 0 Å². The molecule has 1 aromatic rings. The van der Waals surface area contributed by atoms with Gasteiger partial charge in [0.25, 0.3) is 0 Å². The van der Waals surface area contributed by atoms with E-state index in [1.165, 1.54) is 12.8 Å². The summed E-state index contributed by atoms with van der Waals surface area (Å²) < 4.78 is 0. The van der Waals surface area contributed by atoms with E-state index < -0.39 is 0 Å². The van der Waals surface area contributed by atoms with Gasteiger partial charge >= 0.3 is 0 Å². The van der Waals surface area contributed by atoms with Gasteiger partial charge in [-0.3, -0.25) is 0 Å². The van der Waals surface area contributed by atoms with Crippen LogP contribution in [0.3, 0.4) is 0 Å². The Morgan fingerprint density at radius 2 is 2.24 bits per heavy atom. The number of hydrogen-bond acceptors (Lipinski definition) is 5. The highest BCUT2D eigenvalue weighted by atomic mass is 16.3. The van der Waals surface area contributed by atoms with Crippen LogP contribution in [0.2, 0.25) is 0 Å². The molecule has 2 N–H and O–H groups in total. The summed E-state index contributed by atoms with van der Waals surface area (Å²) in [5, 5.41) is 12.3. The Kier molecular flexibility index (Phi) is 3.47. The number of nitrogens with zero attached hydrogens (tertiary/aromatic N) is 3. The third-order valence-corrected chi connectivity index (χ3v) is 3.29. The van der Waals surface area contributed by atoms with Crippen LogP contribution in [0.4, 0.5) is 11.8 Å². The molecular formula is C12H20N4O. The van der Waals surface area contributed by atoms with Gasteiger partial charge in [0.2, 0.25) is 5.95 Å². The number of aromatic nitrogens is 2. The summed E-state index contributed by atoms with van der Waals surface area (Å²) in [4.78, 5) is 10.5. The number of aliphatic hydroxyl groups is 1. The average Bonchev–Trinajstić information content (AvgIpc) is 3.08. The molecule has 1 aromatic heterocycles. The molecular weight excluding hydrogens is 216 g/mol. The molecule has 0 saturated heterocycles. The smallest absolute Gasteiger partial charge is 0.226 e. The fourth-order valence-corrected chi connectivity index (χ4v) is 1.87. The van der Waals surface area contributed by atoms with Crippen LogP contribution < -0.4 is 10.2 Å². The first-order valence-corrected chi connectivity index (χ1v) is 6.00. The maximum Gasteiger partial charge on any atom is 0.226 e. The predicted octanol–water partition coefficient (Wildman–Crippen LogP) is 1.12. The van der Waals surface area contributed by atoms with Crippen molar-refractivity contribution >= 4 is 11.8 Å². The first-order chi connectivity index (χ1) is 8.15. The maximum atomic E-state index is 9.00. The summed E-state index contributed by atoms with van der Waals surface area (Å²) in [6.45, 7) is 1.16. The minimum absolute atomic E-state index is 0.272. The van der Waals surface area contributed by atoms with Crippen molar-refractivity contribution in [1.29, 1.82) is 0 Å². The fourth-order valence-electron chi connectivity index (χ4n) is 1.87. The molecule has 0 spiro atoms. The predicted molar refractivity (Wildman–Crippen MR) is 68.2 cm³/mol. The van der Waals surface area contributed by atoms with Crippen molar-refractivity contribution in [1.82, 2.24) is 9.97 Å². The van der Waals surface area contributed by atoms with Crippen molar-refractivity contribution in [2.75, 3.05) is 37.5 Å². The van der Waals surface area contributed by atoms with Crippen molar-refractivity contribution in [2.24, 2.45) is 5.41 Å². The lowest BCUT2D eigenvalue weighted by Crippen LogP contribution is -2.18. The van der Waals surface area contributed by atoms with Crippen LogP contribution in [0.1, 0.15) is 19.3 Å². The minimum Gasteiger partial charge on any atom is -0.396 e. The summed E-state index contributed by atoms with van der Waals surface area (Å²) in [5.41, 5.74) is 0.304. The molecule has 0 aliphatic heterocycles. The molecule has 0 radical (unpaired) electrons. The van der Waals surface area contributed by atoms with Gasteiger partial charge in [-0.25, -0.2) is 4.98 Å². The Labute approximate surface area is 102 Å². The van der Waals surface area contributed by atoms with Crippen molar-refractivity contribution in [3.05, 3.63) is 12.3 Å². The molecule has 0 aromatic carbocycles. The molecule has 1 fully saturated rings. The summed E-state index contributed by atoms with van der Waals surface area (Å²) >= 11 is 0. The van der Waals surface area contributed by atoms with Crippen LogP contribution in [-0.4, -0.2) is 42.3 Å². The van der Waals surface area contributed by atoms with E-state index in [9.17, 15) is 0 Å². The molecule has 1 aliphatic carbocycles. The second kappa shape index (κ2) is 4.87. The third kappa shape index (κ3) is 3.06. The monoisotopic (exact) mass is 236 g/mol. The van der Waals surface area contributed by atoms with E-state index in [0.29, 0.717) is 11.4 Å². The van der Waals surface area contributed by atoms with Gasteiger partial charge in [-0.2, -0.15) is 4.98 Å². The minimum atomic E-state index is 0.272. The van der Waals surface area contributed by atoms with Gasteiger partial charge in [-0.15, -0.1) is 0 Å². The van der Waals surface area contributed by atoms with Crippen LogP contribution in [0, 0.1) is 5.41 Å². The van der Waals surface area contributed by atoms with Gasteiger partial charge in [0.1, 0.15) is 5.82 Å². The first kappa shape index (κ1) is 12.1. The largest absolute Gasteiger partial charge is 0.396 e. The number of nitrogens with one attached hydrogen (secondary N) is 1. The normalized spacial score (nSPS) is 16.6. The highest BCUT2D eigenvalue weighted by molar-refractivity contribution is 5.40. The number of hydrogen-bond donors (Lipinski definition) is 2. The van der Waals surface area contributed by atoms with Gasteiger partial charge in [0, 0.05) is 33.4 Å². The topological polar surface area (TPSA) is 61.3 Å². The molecule has 1 aliphatic rings. The standard InChI is InChI=1S/C12H20N4O/c1-16(2)11-13-7-3-10(15-11)14-9-12(4-5-12)6-8-17/h3,7,17H,4-6,8-9H2,1-2H3,(H,13,14,15). The zero-order valence-electron chi connectivity index (χ0n) is 10.5. The highest BCUT2D eigenvalue weighted by Gasteiger charge is 2.41. The highest BCUT2D eigenvalue weighted by Crippen LogP contribution is 2.48. The molecule has 0 amide bonds. The molecule has 5 heteroatoms. The van der Waals surface area contributed by atoms with E-state index in [4.69, 9.17) is 5.11 Å². The van der Waals surface area contributed by atoms with Crippen LogP contribution in [0.25, 0.3) is 0 Å². The summed E-state index contributed by atoms with van der Waals surface area (Å²) in [7, 11) is 3.85. The molecule has 0 bridgehead atoms. The van der Waals surface area contributed by atoms with Crippen LogP contribution in [0.15, 0.2) is 12.3 Å². The third-order valence-electron chi connectivity index (χ3n) is 3.29. The lowest BCUT2D eigenvalue weighted by atomic mass is 10.0. The molecule has 94 valence electrons. The van der Waals surface area contributed by atoms with E-state index in [1.807, 2.05) is 25.1 Å². The maximum absolute atomic E-state index is 9.00. The van der Waals surface area contributed by atoms with Gasteiger partial charge < -0.3 is 15.3 Å². The lowest BCUT2D eigenvalue weighted by Gasteiger charge is -2.16. The summed E-state index contributed by atoms with van der Waals surface area (Å²) in [6.07, 6.45) is 5.04. The van der Waals surface area contributed by atoms with Crippen molar-refractivity contribution in [3.8, 4) is 0 Å². The van der Waals surface area contributed by atoms with Gasteiger partial charge in [-0.1, -0.05) is 0 Å². The first-order valence-electron chi connectivity index (χ1n) is 6.00. The summed E-state index contributed by atoms with van der Waals surface area (Å²) in [5.74, 6) is 1.56. The van der Waals surface area contributed by atoms with Crippen molar-refractivity contribution < 1.29 is 5.11 Å². The van der Waals surface area contributed by atoms with Crippen LogP contribution >= 0.6 is 0 Å². The van der Waals surface area contributed by atoms with E-state index in [-0.39, 0.29) is 6.61 Å². The van der Waals surface area contributed by atoms with E-state index >= 15 is 0 Å². The van der Waals surface area contributed by atoms with Crippen LogP contribution in [0.5, 0.6) is 0 Å². The van der Waals surface area contributed by atoms with Gasteiger partial charge in [0.05, 0.1) is 0 Å².